The number of nitrogens with zero attached hydrogens (tertiary/aromatic N) is 4. The van der Waals surface area contributed by atoms with E-state index in [1.54, 1.807) is 36.4 Å². The number of nitrogens with one attached hydrogen (secondary N) is 1. The third kappa shape index (κ3) is 4.47. The highest BCUT2D eigenvalue weighted by atomic mass is 19.1. The molecule has 0 spiro atoms. The maximum atomic E-state index is 14.5. The van der Waals surface area contributed by atoms with Crippen molar-refractivity contribution in [3.05, 3.63) is 48.0 Å². The van der Waals surface area contributed by atoms with Crippen LogP contribution in [0.2, 0.25) is 0 Å². The molecule has 10 nitrogen and oxygen atoms in total. The summed E-state index contributed by atoms with van der Waals surface area (Å²) in [7, 11) is 1.54. The number of hydrogen-bond acceptors (Lipinski definition) is 8. The van der Waals surface area contributed by atoms with E-state index in [-0.39, 0.29) is 30.9 Å². The molecule has 1 fully saturated rings. The molecular formula is C24H24FN5O5. The Morgan fingerprint density at radius 1 is 1.31 bits per heavy atom. The molecule has 11 heteroatoms. The molecule has 0 radical (unpaired) electrons. The number of carbonyl (C=O) groups excluding carboxylic acids is 1. The summed E-state index contributed by atoms with van der Waals surface area (Å²) in [6.45, 7) is 1.13. The summed E-state index contributed by atoms with van der Waals surface area (Å²) in [5.74, 6) is -0.281. The van der Waals surface area contributed by atoms with E-state index in [4.69, 9.17) is 14.0 Å². The van der Waals surface area contributed by atoms with Gasteiger partial charge in [0.15, 0.2) is 17.3 Å². The van der Waals surface area contributed by atoms with Gasteiger partial charge in [-0.2, -0.15) is 5.10 Å². The Morgan fingerprint density at radius 2 is 2.20 bits per heavy atom. The Hall–Kier alpha value is -3.83. The number of pyridine rings is 1. The number of rotatable bonds is 8. The van der Waals surface area contributed by atoms with Crippen molar-refractivity contribution in [1.82, 2.24) is 25.2 Å². The second-order valence-corrected chi connectivity index (χ2v) is 8.23. The van der Waals surface area contributed by atoms with Crippen molar-refractivity contribution in [1.29, 1.82) is 0 Å². The second-order valence-electron chi connectivity index (χ2n) is 8.23. The monoisotopic (exact) mass is 481 g/mol. The summed E-state index contributed by atoms with van der Waals surface area (Å²) in [5.41, 5.74) is 2.44. The Morgan fingerprint density at radius 3 is 2.97 bits per heavy atom. The molecule has 0 aliphatic carbocycles. The predicted molar refractivity (Wildman–Crippen MR) is 123 cm³/mol. The Balaban J connectivity index is 1.35. The van der Waals surface area contributed by atoms with Crippen molar-refractivity contribution in [3.63, 3.8) is 0 Å². The summed E-state index contributed by atoms with van der Waals surface area (Å²) in [5, 5.41) is 21.2. The lowest BCUT2D eigenvalue weighted by atomic mass is 10.1. The molecule has 0 bridgehead atoms. The van der Waals surface area contributed by atoms with Gasteiger partial charge < -0.3 is 24.0 Å². The zero-order chi connectivity index (χ0) is 24.4. The number of likely N-dealkylation sites (tertiary alicyclic amines) is 1. The van der Waals surface area contributed by atoms with Gasteiger partial charge in [-0.05, 0) is 31.0 Å². The molecule has 35 heavy (non-hydrogen) atoms. The third-order valence-corrected chi connectivity index (χ3v) is 6.03. The van der Waals surface area contributed by atoms with Crippen LogP contribution in [-0.4, -0.2) is 75.8 Å². The number of methoxy groups -OCH3 is 1. The molecule has 0 unspecified atom stereocenters. The molecular weight excluding hydrogens is 457 g/mol. The minimum atomic E-state index is -0.526. The third-order valence-electron chi connectivity index (χ3n) is 6.03. The number of benzene rings is 1. The van der Waals surface area contributed by atoms with Crippen molar-refractivity contribution in [2.24, 2.45) is 0 Å². The number of aliphatic hydroxyl groups excluding tert-OH is 1. The number of aromatic amines is 1. The van der Waals surface area contributed by atoms with Crippen molar-refractivity contribution < 1.29 is 28.3 Å². The Kier molecular flexibility index (Phi) is 6.43. The van der Waals surface area contributed by atoms with Crippen LogP contribution < -0.4 is 4.74 Å². The zero-order valence-corrected chi connectivity index (χ0v) is 19.0. The fourth-order valence-electron chi connectivity index (χ4n) is 4.19. The van der Waals surface area contributed by atoms with Crippen LogP contribution in [0, 0.1) is 5.82 Å². The van der Waals surface area contributed by atoms with Crippen LogP contribution in [0.1, 0.15) is 23.3 Å². The van der Waals surface area contributed by atoms with Crippen LogP contribution in [0.4, 0.5) is 4.39 Å². The number of ether oxygens (including phenoxy) is 2. The number of carbonyl (C=O) groups is 1. The smallest absolute Gasteiger partial charge is 0.272 e. The van der Waals surface area contributed by atoms with Gasteiger partial charge in [-0.1, -0.05) is 5.16 Å². The first kappa shape index (κ1) is 22.9. The first-order valence-corrected chi connectivity index (χ1v) is 11.2. The van der Waals surface area contributed by atoms with Gasteiger partial charge in [0, 0.05) is 42.9 Å². The zero-order valence-electron chi connectivity index (χ0n) is 19.0. The van der Waals surface area contributed by atoms with Crippen molar-refractivity contribution >= 4 is 16.8 Å². The van der Waals surface area contributed by atoms with Gasteiger partial charge in [0.05, 0.1) is 24.8 Å². The lowest BCUT2D eigenvalue weighted by Gasteiger charge is -2.22. The first-order chi connectivity index (χ1) is 17.1. The highest BCUT2D eigenvalue weighted by molar-refractivity contribution is 5.94. The molecule has 1 amide bonds. The van der Waals surface area contributed by atoms with Crippen molar-refractivity contribution in [2.75, 3.05) is 33.5 Å². The van der Waals surface area contributed by atoms with Gasteiger partial charge in [-0.3, -0.25) is 14.9 Å². The second kappa shape index (κ2) is 9.80. The number of amides is 1. The molecule has 4 aromatic rings. The summed E-state index contributed by atoms with van der Waals surface area (Å²) in [6.07, 6.45) is 3.20. The molecule has 1 aliphatic rings. The lowest BCUT2D eigenvalue weighted by molar-refractivity contribution is 0.0672. The van der Waals surface area contributed by atoms with Gasteiger partial charge in [0.2, 0.25) is 0 Å². The summed E-state index contributed by atoms with van der Waals surface area (Å²) < 4.78 is 30.3. The molecule has 182 valence electrons. The number of hydrogen-bond donors (Lipinski definition) is 2. The van der Waals surface area contributed by atoms with Crippen LogP contribution in [0.3, 0.4) is 0 Å². The van der Waals surface area contributed by atoms with Gasteiger partial charge in [-0.25, -0.2) is 4.39 Å². The molecule has 3 aromatic heterocycles. The summed E-state index contributed by atoms with van der Waals surface area (Å²) in [6, 6.07) is 7.75. The normalized spacial score (nSPS) is 15.7. The van der Waals surface area contributed by atoms with Crippen LogP contribution in [0.5, 0.6) is 5.75 Å². The van der Waals surface area contributed by atoms with Crippen LogP contribution in [0.15, 0.2) is 41.1 Å². The Bertz CT molecular complexity index is 1340. The van der Waals surface area contributed by atoms with E-state index in [9.17, 15) is 14.3 Å². The molecule has 1 atom stereocenters. The topological polar surface area (TPSA) is 127 Å². The standard InChI is InChI=1S/C24H24FN5O5/c1-33-7-8-34-21-11-20-16(9-17(21)25)23(28-27-20)22-10-19(29-35-22)14-4-5-18(26-12-14)24(32)30-6-2-3-15(30)13-31/h4-5,9-12,15,31H,2-3,6-8,13H2,1H3,(H,27,28)/t15-/m0/s1. The van der Waals surface area contributed by atoms with Gasteiger partial charge in [0.1, 0.15) is 23.7 Å². The lowest BCUT2D eigenvalue weighted by Crippen LogP contribution is -2.38. The van der Waals surface area contributed by atoms with E-state index in [1.165, 1.54) is 12.1 Å². The van der Waals surface area contributed by atoms with Crippen LogP contribution >= 0.6 is 0 Å². The SMILES string of the molecule is COCCOc1cc2[nH]nc(-c3cc(-c4ccc(C(=O)N5CCC[C@H]5CO)nc4)no3)c2cc1F. The highest BCUT2D eigenvalue weighted by Gasteiger charge is 2.29. The molecule has 1 aromatic carbocycles. The van der Waals surface area contributed by atoms with Gasteiger partial charge in [0.25, 0.3) is 5.91 Å². The largest absolute Gasteiger partial charge is 0.488 e. The fourth-order valence-corrected chi connectivity index (χ4v) is 4.19. The van der Waals surface area contributed by atoms with Crippen LogP contribution in [-0.2, 0) is 4.74 Å². The number of fused-ring (bicyclic) bond motifs is 1. The van der Waals surface area contributed by atoms with Gasteiger partial charge >= 0.3 is 0 Å². The molecule has 1 saturated heterocycles. The van der Waals surface area contributed by atoms with Crippen molar-refractivity contribution in [3.8, 4) is 28.5 Å². The number of aliphatic hydroxyl groups is 1. The molecule has 5 rings (SSSR count). The molecule has 1 aliphatic heterocycles. The first-order valence-electron chi connectivity index (χ1n) is 11.2. The van der Waals surface area contributed by atoms with Crippen molar-refractivity contribution in [2.45, 2.75) is 18.9 Å². The van der Waals surface area contributed by atoms with E-state index in [0.29, 0.717) is 52.5 Å². The minimum Gasteiger partial charge on any atom is -0.488 e. The summed E-state index contributed by atoms with van der Waals surface area (Å²) >= 11 is 0. The van der Waals surface area contributed by atoms with Gasteiger partial charge in [-0.15, -0.1) is 0 Å². The minimum absolute atomic E-state index is 0.0561. The number of H-pyrrole nitrogens is 1. The molecule has 0 saturated carbocycles. The summed E-state index contributed by atoms with van der Waals surface area (Å²) in [4.78, 5) is 18.7. The maximum absolute atomic E-state index is 14.5. The van der Waals surface area contributed by atoms with E-state index in [0.717, 1.165) is 12.8 Å². The average molecular weight is 481 g/mol. The molecule has 4 heterocycles. The number of halogens is 1. The fraction of sp³-hybridized carbons (Fsp3) is 0.333. The quantitative estimate of drug-likeness (QED) is 0.368. The maximum Gasteiger partial charge on any atom is 0.272 e. The Labute approximate surface area is 199 Å². The van der Waals surface area contributed by atoms with Crippen LogP contribution in [0.25, 0.3) is 33.6 Å². The highest BCUT2D eigenvalue weighted by Crippen LogP contribution is 2.33. The predicted octanol–water partition coefficient (Wildman–Crippen LogP) is 3.04. The average Bonchev–Trinajstić information content (AvgIpc) is 3.63. The molecule has 2 N–H and O–H groups in total. The number of aromatic nitrogens is 4. The van der Waals surface area contributed by atoms with E-state index < -0.39 is 5.82 Å². The van der Waals surface area contributed by atoms with E-state index >= 15 is 0 Å². The van der Waals surface area contributed by atoms with E-state index in [1.807, 2.05) is 0 Å². The van der Waals surface area contributed by atoms with E-state index in [2.05, 4.69) is 20.3 Å².